The molecule has 0 radical (unpaired) electrons. The molecule has 0 bridgehead atoms. The molecule has 2 heterocycles. The number of benzene rings is 1. The molecule has 2 saturated heterocycles. The Balaban J connectivity index is 1.87. The van der Waals surface area contributed by atoms with Gasteiger partial charge in [0.15, 0.2) is 0 Å². The number of carbonyl (C=O) groups is 1. The van der Waals surface area contributed by atoms with Gasteiger partial charge in [0.1, 0.15) is 5.75 Å². The highest BCUT2D eigenvalue weighted by atomic mass is 16.3. The van der Waals surface area contributed by atoms with E-state index < -0.39 is 0 Å². The van der Waals surface area contributed by atoms with E-state index in [0.29, 0.717) is 12.2 Å². The number of phenolic OH excluding ortho intramolecular Hbond substituents is 1. The molecule has 90 valence electrons. The maximum absolute atomic E-state index is 11.4. The monoisotopic (exact) mass is 232 g/mol. The quantitative estimate of drug-likeness (QED) is 0.683. The molecular formula is C13H16N2O2. The van der Waals surface area contributed by atoms with Crippen LogP contribution in [0.15, 0.2) is 24.3 Å². The van der Waals surface area contributed by atoms with Crippen LogP contribution in [0, 0.1) is 5.41 Å². The zero-order valence-corrected chi connectivity index (χ0v) is 9.73. The summed E-state index contributed by atoms with van der Waals surface area (Å²) >= 11 is 0. The van der Waals surface area contributed by atoms with Crippen molar-refractivity contribution in [2.24, 2.45) is 5.41 Å². The Morgan fingerprint density at radius 3 is 2.88 bits per heavy atom. The highest BCUT2D eigenvalue weighted by Crippen LogP contribution is 2.46. The summed E-state index contributed by atoms with van der Waals surface area (Å²) < 4.78 is 0. The van der Waals surface area contributed by atoms with Crippen LogP contribution in [-0.4, -0.2) is 17.2 Å². The summed E-state index contributed by atoms with van der Waals surface area (Å²) in [4.78, 5) is 11.4. The molecule has 2 fully saturated rings. The fourth-order valence-corrected chi connectivity index (χ4v) is 3.00. The van der Waals surface area contributed by atoms with Crippen molar-refractivity contribution in [2.75, 3.05) is 0 Å². The van der Waals surface area contributed by atoms with Crippen LogP contribution in [0.4, 0.5) is 0 Å². The number of aromatic hydroxyl groups is 1. The van der Waals surface area contributed by atoms with E-state index in [-0.39, 0.29) is 23.5 Å². The largest absolute Gasteiger partial charge is 0.508 e. The Morgan fingerprint density at radius 2 is 2.18 bits per heavy atom. The molecule has 0 saturated carbocycles. The molecule has 2 aliphatic rings. The zero-order valence-electron chi connectivity index (χ0n) is 9.73. The summed E-state index contributed by atoms with van der Waals surface area (Å²) in [6.07, 6.45) is 1.46. The van der Waals surface area contributed by atoms with E-state index in [9.17, 15) is 9.90 Å². The molecule has 3 unspecified atom stereocenters. The van der Waals surface area contributed by atoms with Crippen LogP contribution in [0.1, 0.15) is 31.4 Å². The predicted octanol–water partition coefficient (Wildman–Crippen LogP) is 1.28. The van der Waals surface area contributed by atoms with Gasteiger partial charge in [-0.05, 0) is 12.5 Å². The van der Waals surface area contributed by atoms with Crippen molar-refractivity contribution in [1.29, 1.82) is 0 Å². The highest BCUT2D eigenvalue weighted by molar-refractivity contribution is 5.80. The van der Waals surface area contributed by atoms with E-state index in [1.54, 1.807) is 6.07 Å². The van der Waals surface area contributed by atoms with Crippen LogP contribution in [-0.2, 0) is 4.79 Å². The zero-order chi connectivity index (χ0) is 12.0. The van der Waals surface area contributed by atoms with Crippen molar-refractivity contribution in [3.8, 4) is 5.75 Å². The number of para-hydroxylation sites is 1. The predicted molar refractivity (Wildman–Crippen MR) is 63.3 cm³/mol. The molecule has 0 aromatic heterocycles. The summed E-state index contributed by atoms with van der Waals surface area (Å²) in [5.74, 6) is 0.431. The molecule has 0 aliphatic carbocycles. The Labute approximate surface area is 100 Å². The van der Waals surface area contributed by atoms with Gasteiger partial charge < -0.3 is 10.4 Å². The first-order chi connectivity index (χ1) is 8.08. The Morgan fingerprint density at radius 1 is 1.41 bits per heavy atom. The minimum Gasteiger partial charge on any atom is -0.508 e. The molecule has 17 heavy (non-hydrogen) atoms. The molecule has 0 spiro atoms. The fourth-order valence-electron chi connectivity index (χ4n) is 3.00. The number of carbonyl (C=O) groups excluding carboxylic acids is 1. The minimum atomic E-state index is -0.0377. The van der Waals surface area contributed by atoms with Crippen LogP contribution < -0.4 is 10.6 Å². The van der Waals surface area contributed by atoms with Gasteiger partial charge in [0.25, 0.3) is 0 Å². The smallest absolute Gasteiger partial charge is 0.221 e. The summed E-state index contributed by atoms with van der Waals surface area (Å²) in [5.41, 5.74) is 0.877. The first-order valence-corrected chi connectivity index (χ1v) is 5.92. The van der Waals surface area contributed by atoms with Crippen molar-refractivity contribution in [2.45, 2.75) is 32.0 Å². The first-order valence-electron chi connectivity index (χ1n) is 5.92. The van der Waals surface area contributed by atoms with Crippen LogP contribution in [0.2, 0.25) is 0 Å². The maximum Gasteiger partial charge on any atom is 0.221 e. The molecule has 1 aromatic carbocycles. The number of amides is 1. The molecule has 1 aromatic rings. The minimum absolute atomic E-state index is 0.0274. The SMILES string of the molecule is CC12CC(=O)NC1NC(c1ccccc1O)C2. The van der Waals surface area contributed by atoms with E-state index in [4.69, 9.17) is 0 Å². The van der Waals surface area contributed by atoms with Crippen LogP contribution in [0.5, 0.6) is 5.75 Å². The third-order valence-electron chi connectivity index (χ3n) is 3.92. The van der Waals surface area contributed by atoms with Gasteiger partial charge in [-0.1, -0.05) is 25.1 Å². The van der Waals surface area contributed by atoms with Gasteiger partial charge in [-0.3, -0.25) is 10.1 Å². The summed E-state index contributed by atoms with van der Waals surface area (Å²) in [7, 11) is 0. The summed E-state index contributed by atoms with van der Waals surface area (Å²) in [6, 6.07) is 7.49. The standard InChI is InChI=1S/C13H16N2O2/c1-13-6-9(8-4-2-3-5-10(8)16)14-12(13)15-11(17)7-13/h2-5,9,12,14,16H,6-7H2,1H3,(H,15,17). The lowest BCUT2D eigenvalue weighted by molar-refractivity contribution is -0.120. The number of hydrogen-bond acceptors (Lipinski definition) is 3. The molecule has 4 heteroatoms. The first kappa shape index (κ1) is 10.6. The summed E-state index contributed by atoms with van der Waals surface area (Å²) in [6.45, 7) is 2.11. The lowest BCUT2D eigenvalue weighted by Gasteiger charge is -2.19. The number of phenols is 1. The van der Waals surface area contributed by atoms with Gasteiger partial charge in [-0.15, -0.1) is 0 Å². The van der Waals surface area contributed by atoms with Gasteiger partial charge in [0, 0.05) is 23.4 Å². The van der Waals surface area contributed by atoms with Gasteiger partial charge in [0.2, 0.25) is 5.91 Å². The van der Waals surface area contributed by atoms with E-state index in [2.05, 4.69) is 17.6 Å². The van der Waals surface area contributed by atoms with Gasteiger partial charge >= 0.3 is 0 Å². The van der Waals surface area contributed by atoms with Crippen LogP contribution in [0.25, 0.3) is 0 Å². The van der Waals surface area contributed by atoms with Crippen molar-refractivity contribution in [3.63, 3.8) is 0 Å². The second kappa shape index (κ2) is 3.47. The second-order valence-electron chi connectivity index (χ2n) is 5.31. The molecule has 3 N–H and O–H groups in total. The maximum atomic E-state index is 11.4. The average Bonchev–Trinajstić information content (AvgIpc) is 2.68. The lowest BCUT2D eigenvalue weighted by atomic mass is 9.83. The molecule has 3 atom stereocenters. The number of fused-ring (bicyclic) bond motifs is 1. The van der Waals surface area contributed by atoms with Crippen LogP contribution >= 0.6 is 0 Å². The third kappa shape index (κ3) is 1.60. The van der Waals surface area contributed by atoms with Crippen molar-refractivity contribution in [1.82, 2.24) is 10.6 Å². The normalized spacial score (nSPS) is 35.7. The average molecular weight is 232 g/mol. The molecule has 1 amide bonds. The Bertz CT molecular complexity index is 474. The fraction of sp³-hybridized carbons (Fsp3) is 0.462. The van der Waals surface area contributed by atoms with Gasteiger partial charge in [0.05, 0.1) is 6.17 Å². The van der Waals surface area contributed by atoms with Gasteiger partial charge in [-0.25, -0.2) is 0 Å². The molecule has 4 nitrogen and oxygen atoms in total. The molecular weight excluding hydrogens is 216 g/mol. The highest BCUT2D eigenvalue weighted by Gasteiger charge is 2.50. The second-order valence-corrected chi connectivity index (χ2v) is 5.31. The van der Waals surface area contributed by atoms with Crippen LogP contribution in [0.3, 0.4) is 0 Å². The molecule has 3 rings (SSSR count). The number of nitrogens with one attached hydrogen (secondary N) is 2. The van der Waals surface area contributed by atoms with Crippen molar-refractivity contribution >= 4 is 5.91 Å². The Kier molecular flexibility index (Phi) is 2.16. The van der Waals surface area contributed by atoms with Crippen molar-refractivity contribution < 1.29 is 9.90 Å². The van der Waals surface area contributed by atoms with Gasteiger partial charge in [-0.2, -0.15) is 0 Å². The third-order valence-corrected chi connectivity index (χ3v) is 3.92. The topological polar surface area (TPSA) is 61.4 Å². The van der Waals surface area contributed by atoms with E-state index >= 15 is 0 Å². The lowest BCUT2D eigenvalue weighted by Crippen LogP contribution is -2.40. The molecule has 2 aliphatic heterocycles. The van der Waals surface area contributed by atoms with Crippen molar-refractivity contribution in [3.05, 3.63) is 29.8 Å². The number of rotatable bonds is 1. The van der Waals surface area contributed by atoms with E-state index in [1.165, 1.54) is 0 Å². The Hall–Kier alpha value is -1.55. The summed E-state index contributed by atoms with van der Waals surface area (Å²) in [5, 5.41) is 16.2. The van der Waals surface area contributed by atoms with E-state index in [0.717, 1.165) is 12.0 Å². The number of hydrogen-bond donors (Lipinski definition) is 3. The van der Waals surface area contributed by atoms with E-state index in [1.807, 2.05) is 18.2 Å².